The molecule has 0 atom stereocenters. The van der Waals surface area contributed by atoms with E-state index < -0.39 is 0 Å². The third-order valence-corrected chi connectivity index (χ3v) is 3.19. The number of anilines is 1. The summed E-state index contributed by atoms with van der Waals surface area (Å²) in [5, 5.41) is 4.30. The average molecular weight is 271 g/mol. The van der Waals surface area contributed by atoms with Crippen LogP contribution < -0.4 is 10.1 Å². The summed E-state index contributed by atoms with van der Waals surface area (Å²) in [4.78, 5) is 0. The largest absolute Gasteiger partial charge is 0.494 e. The van der Waals surface area contributed by atoms with Crippen LogP contribution >= 0.6 is 0 Å². The Hall–Kier alpha value is -2.49. The zero-order valence-corrected chi connectivity index (χ0v) is 11.0. The molecule has 3 aromatic rings. The molecule has 1 aromatic heterocycles. The van der Waals surface area contributed by atoms with Crippen molar-refractivity contribution >= 4 is 16.7 Å². The van der Waals surface area contributed by atoms with Gasteiger partial charge in [0.25, 0.3) is 0 Å². The summed E-state index contributed by atoms with van der Waals surface area (Å²) in [5.74, 6) is 0.166. The zero-order valence-electron chi connectivity index (χ0n) is 11.0. The second-order valence-corrected chi connectivity index (χ2v) is 4.46. The van der Waals surface area contributed by atoms with Gasteiger partial charge in [-0.1, -0.05) is 18.2 Å². The number of hydrogen-bond donors (Lipinski definition) is 1. The van der Waals surface area contributed by atoms with E-state index in [9.17, 15) is 4.39 Å². The maximum atomic E-state index is 13.1. The summed E-state index contributed by atoms with van der Waals surface area (Å²) in [5.41, 5.74) is 2.65. The van der Waals surface area contributed by atoms with Crippen molar-refractivity contribution in [1.82, 2.24) is 0 Å². The fourth-order valence-electron chi connectivity index (χ4n) is 2.17. The summed E-state index contributed by atoms with van der Waals surface area (Å²) in [6.07, 6.45) is 1.73. The van der Waals surface area contributed by atoms with Crippen molar-refractivity contribution in [3.05, 3.63) is 60.1 Å². The molecule has 0 saturated heterocycles. The van der Waals surface area contributed by atoms with Crippen molar-refractivity contribution in [2.75, 3.05) is 12.4 Å². The minimum absolute atomic E-state index is 0.318. The molecule has 3 rings (SSSR count). The smallest absolute Gasteiger partial charge is 0.144 e. The van der Waals surface area contributed by atoms with Crippen LogP contribution in [0.3, 0.4) is 0 Å². The van der Waals surface area contributed by atoms with Gasteiger partial charge < -0.3 is 14.5 Å². The van der Waals surface area contributed by atoms with E-state index in [1.165, 1.54) is 19.2 Å². The lowest BCUT2D eigenvalue weighted by atomic mass is 10.1. The Labute approximate surface area is 116 Å². The van der Waals surface area contributed by atoms with Gasteiger partial charge in [-0.15, -0.1) is 0 Å². The van der Waals surface area contributed by atoms with E-state index in [1.807, 2.05) is 24.3 Å². The fourth-order valence-corrected chi connectivity index (χ4v) is 2.17. The molecular weight excluding hydrogens is 257 g/mol. The standard InChI is InChI=1S/C16H14FNO2/c1-19-16-8-12(17)6-7-14(16)18-9-11-10-20-15-5-3-2-4-13(11)15/h2-8,10,18H,9H2,1H3. The topological polar surface area (TPSA) is 34.4 Å². The summed E-state index contributed by atoms with van der Waals surface area (Å²) < 4.78 is 23.8. The number of furan rings is 1. The first-order chi connectivity index (χ1) is 9.78. The first kappa shape index (κ1) is 12.5. The van der Waals surface area contributed by atoms with Gasteiger partial charge in [0.05, 0.1) is 19.1 Å². The van der Waals surface area contributed by atoms with Gasteiger partial charge in [-0.2, -0.15) is 0 Å². The van der Waals surface area contributed by atoms with E-state index in [4.69, 9.17) is 9.15 Å². The van der Waals surface area contributed by atoms with Gasteiger partial charge in [-0.05, 0) is 18.2 Å². The Balaban J connectivity index is 1.83. The summed E-state index contributed by atoms with van der Waals surface area (Å²) in [6.45, 7) is 0.582. The van der Waals surface area contributed by atoms with E-state index in [0.29, 0.717) is 12.3 Å². The van der Waals surface area contributed by atoms with Gasteiger partial charge in [0.1, 0.15) is 17.1 Å². The fraction of sp³-hybridized carbons (Fsp3) is 0.125. The lowest BCUT2D eigenvalue weighted by Gasteiger charge is -2.10. The lowest BCUT2D eigenvalue weighted by molar-refractivity contribution is 0.413. The Morgan fingerprint density at radius 3 is 2.90 bits per heavy atom. The van der Waals surface area contributed by atoms with Crippen LogP contribution in [-0.2, 0) is 6.54 Å². The van der Waals surface area contributed by atoms with Crippen LogP contribution in [0.4, 0.5) is 10.1 Å². The van der Waals surface area contributed by atoms with E-state index in [0.717, 1.165) is 22.2 Å². The number of ether oxygens (including phenoxy) is 1. The molecule has 0 spiro atoms. The normalized spacial score (nSPS) is 10.7. The van der Waals surface area contributed by atoms with Gasteiger partial charge >= 0.3 is 0 Å². The van der Waals surface area contributed by atoms with Gasteiger partial charge in [0, 0.05) is 23.6 Å². The van der Waals surface area contributed by atoms with Crippen LogP contribution in [0, 0.1) is 5.82 Å². The molecule has 0 radical (unpaired) electrons. The predicted molar refractivity (Wildman–Crippen MR) is 76.5 cm³/mol. The molecule has 20 heavy (non-hydrogen) atoms. The number of para-hydroxylation sites is 1. The number of methoxy groups -OCH3 is 1. The number of rotatable bonds is 4. The first-order valence-electron chi connectivity index (χ1n) is 6.30. The monoisotopic (exact) mass is 271 g/mol. The van der Waals surface area contributed by atoms with Crippen LogP contribution in [0.15, 0.2) is 53.1 Å². The molecule has 0 saturated carbocycles. The van der Waals surface area contributed by atoms with Crippen molar-refractivity contribution in [3.63, 3.8) is 0 Å². The molecule has 0 amide bonds. The summed E-state index contributed by atoms with van der Waals surface area (Å²) in [6, 6.07) is 12.3. The van der Waals surface area contributed by atoms with Crippen LogP contribution in [-0.4, -0.2) is 7.11 Å². The third-order valence-electron chi connectivity index (χ3n) is 3.19. The summed E-state index contributed by atoms with van der Waals surface area (Å²) in [7, 11) is 1.52. The molecule has 1 heterocycles. The maximum absolute atomic E-state index is 13.1. The van der Waals surface area contributed by atoms with Crippen molar-refractivity contribution in [3.8, 4) is 5.75 Å². The Morgan fingerprint density at radius 2 is 2.05 bits per heavy atom. The number of halogens is 1. The predicted octanol–water partition coefficient (Wildman–Crippen LogP) is 4.19. The van der Waals surface area contributed by atoms with E-state index in [-0.39, 0.29) is 5.82 Å². The lowest BCUT2D eigenvalue weighted by Crippen LogP contribution is -2.01. The highest BCUT2D eigenvalue weighted by atomic mass is 19.1. The van der Waals surface area contributed by atoms with Crippen LogP contribution in [0.25, 0.3) is 11.0 Å². The molecular formula is C16H14FNO2. The Morgan fingerprint density at radius 1 is 1.20 bits per heavy atom. The summed E-state index contributed by atoms with van der Waals surface area (Å²) >= 11 is 0. The minimum Gasteiger partial charge on any atom is -0.494 e. The molecule has 4 heteroatoms. The second kappa shape index (κ2) is 5.25. The van der Waals surface area contributed by atoms with Crippen LogP contribution in [0.2, 0.25) is 0 Å². The number of hydrogen-bond acceptors (Lipinski definition) is 3. The number of fused-ring (bicyclic) bond motifs is 1. The Kier molecular flexibility index (Phi) is 3.29. The molecule has 0 aliphatic heterocycles. The first-order valence-corrected chi connectivity index (χ1v) is 6.30. The highest BCUT2D eigenvalue weighted by Crippen LogP contribution is 2.27. The number of nitrogens with one attached hydrogen (secondary N) is 1. The van der Waals surface area contributed by atoms with E-state index in [2.05, 4.69) is 5.32 Å². The van der Waals surface area contributed by atoms with Crippen molar-refractivity contribution in [2.24, 2.45) is 0 Å². The average Bonchev–Trinajstić information content (AvgIpc) is 2.89. The molecule has 3 nitrogen and oxygen atoms in total. The van der Waals surface area contributed by atoms with Crippen molar-refractivity contribution in [2.45, 2.75) is 6.54 Å². The highest BCUT2D eigenvalue weighted by molar-refractivity contribution is 5.81. The van der Waals surface area contributed by atoms with Gasteiger partial charge in [0.2, 0.25) is 0 Å². The molecule has 0 fully saturated rings. The molecule has 0 aliphatic carbocycles. The number of benzene rings is 2. The van der Waals surface area contributed by atoms with E-state index in [1.54, 1.807) is 12.3 Å². The molecule has 2 aromatic carbocycles. The third kappa shape index (κ3) is 2.32. The Bertz CT molecular complexity index is 736. The molecule has 0 aliphatic rings. The van der Waals surface area contributed by atoms with Gasteiger partial charge in [-0.3, -0.25) is 0 Å². The van der Waals surface area contributed by atoms with Crippen molar-refractivity contribution in [1.29, 1.82) is 0 Å². The van der Waals surface area contributed by atoms with Crippen LogP contribution in [0.1, 0.15) is 5.56 Å². The quantitative estimate of drug-likeness (QED) is 0.772. The van der Waals surface area contributed by atoms with Crippen LogP contribution in [0.5, 0.6) is 5.75 Å². The highest BCUT2D eigenvalue weighted by Gasteiger charge is 2.07. The molecule has 102 valence electrons. The maximum Gasteiger partial charge on any atom is 0.144 e. The van der Waals surface area contributed by atoms with Gasteiger partial charge in [-0.25, -0.2) is 4.39 Å². The van der Waals surface area contributed by atoms with Crippen molar-refractivity contribution < 1.29 is 13.5 Å². The van der Waals surface area contributed by atoms with Gasteiger partial charge in [0.15, 0.2) is 0 Å². The SMILES string of the molecule is COc1cc(F)ccc1NCc1coc2ccccc12. The molecule has 1 N–H and O–H groups in total. The second-order valence-electron chi connectivity index (χ2n) is 4.46. The zero-order chi connectivity index (χ0) is 13.9. The molecule has 0 bridgehead atoms. The van der Waals surface area contributed by atoms with E-state index >= 15 is 0 Å². The molecule has 0 unspecified atom stereocenters. The minimum atomic E-state index is -0.318.